The van der Waals surface area contributed by atoms with Gasteiger partial charge in [0.1, 0.15) is 5.82 Å². The number of aliphatic hydroxyl groups excluding tert-OH is 1. The number of hydrogen-bond donors (Lipinski definition) is 2. The maximum Gasteiger partial charge on any atom is 0.419 e. The molecular formula is C10H11F4NO. The molecule has 90 valence electrons. The Labute approximate surface area is 89.7 Å². The molecule has 1 aromatic carbocycles. The number of benzene rings is 1. The first-order chi connectivity index (χ1) is 7.23. The molecule has 1 aromatic rings. The molecule has 0 aliphatic heterocycles. The summed E-state index contributed by atoms with van der Waals surface area (Å²) in [6.07, 6.45) is -5.77. The number of alkyl halides is 3. The van der Waals surface area contributed by atoms with Crippen LogP contribution in [-0.4, -0.2) is 11.2 Å². The van der Waals surface area contributed by atoms with Crippen LogP contribution in [0.4, 0.5) is 17.6 Å². The first kappa shape index (κ1) is 12.9. The quantitative estimate of drug-likeness (QED) is 0.775. The number of aliphatic hydroxyl groups is 1. The predicted molar refractivity (Wildman–Crippen MR) is 50.0 cm³/mol. The molecule has 0 unspecified atom stereocenters. The van der Waals surface area contributed by atoms with Gasteiger partial charge in [0.15, 0.2) is 0 Å². The van der Waals surface area contributed by atoms with Crippen LogP contribution in [0.25, 0.3) is 0 Å². The highest BCUT2D eigenvalue weighted by molar-refractivity contribution is 5.29. The van der Waals surface area contributed by atoms with Crippen molar-refractivity contribution in [3.8, 4) is 0 Å². The van der Waals surface area contributed by atoms with Crippen molar-refractivity contribution in [2.24, 2.45) is 5.73 Å². The van der Waals surface area contributed by atoms with Gasteiger partial charge in [0.2, 0.25) is 0 Å². The molecular weight excluding hydrogens is 226 g/mol. The molecule has 1 rings (SSSR count). The molecule has 0 spiro atoms. The van der Waals surface area contributed by atoms with E-state index in [9.17, 15) is 17.6 Å². The lowest BCUT2D eigenvalue weighted by Crippen LogP contribution is -2.24. The van der Waals surface area contributed by atoms with Crippen molar-refractivity contribution in [3.63, 3.8) is 0 Å². The SMILES string of the molecule is C[C@H](O)[C@H](N)c1ccc(F)c(C(F)(F)F)c1. The van der Waals surface area contributed by atoms with Crippen LogP contribution in [0.1, 0.15) is 24.1 Å². The molecule has 6 heteroatoms. The van der Waals surface area contributed by atoms with Gasteiger partial charge in [-0.2, -0.15) is 13.2 Å². The smallest absolute Gasteiger partial charge is 0.391 e. The minimum absolute atomic E-state index is 0.0451. The van der Waals surface area contributed by atoms with E-state index in [1.165, 1.54) is 6.92 Å². The fourth-order valence-corrected chi connectivity index (χ4v) is 1.25. The van der Waals surface area contributed by atoms with E-state index in [0.29, 0.717) is 12.1 Å². The zero-order chi connectivity index (χ0) is 12.5. The lowest BCUT2D eigenvalue weighted by molar-refractivity contribution is -0.140. The second-order valence-corrected chi connectivity index (χ2v) is 3.50. The Kier molecular flexibility index (Phi) is 3.54. The predicted octanol–water partition coefficient (Wildman–Crippen LogP) is 2.23. The topological polar surface area (TPSA) is 46.2 Å². The molecule has 3 N–H and O–H groups in total. The average Bonchev–Trinajstić information content (AvgIpc) is 2.15. The van der Waals surface area contributed by atoms with Crippen LogP contribution in [0.3, 0.4) is 0 Å². The summed E-state index contributed by atoms with van der Waals surface area (Å²) in [6.45, 7) is 1.35. The summed E-state index contributed by atoms with van der Waals surface area (Å²) in [7, 11) is 0. The Balaban J connectivity index is 3.18. The van der Waals surface area contributed by atoms with Crippen LogP contribution >= 0.6 is 0 Å². The van der Waals surface area contributed by atoms with Gasteiger partial charge in [-0.05, 0) is 24.6 Å². The lowest BCUT2D eigenvalue weighted by atomic mass is 10.0. The van der Waals surface area contributed by atoms with E-state index in [1.54, 1.807) is 0 Å². The van der Waals surface area contributed by atoms with E-state index < -0.39 is 29.7 Å². The normalized spacial score (nSPS) is 15.9. The van der Waals surface area contributed by atoms with E-state index >= 15 is 0 Å². The van der Waals surface area contributed by atoms with Crippen LogP contribution in [0.5, 0.6) is 0 Å². The zero-order valence-corrected chi connectivity index (χ0v) is 8.42. The molecule has 0 fully saturated rings. The molecule has 0 aliphatic carbocycles. The van der Waals surface area contributed by atoms with Crippen LogP contribution in [0.2, 0.25) is 0 Å². The van der Waals surface area contributed by atoms with Crippen molar-refractivity contribution in [2.45, 2.75) is 25.2 Å². The van der Waals surface area contributed by atoms with Gasteiger partial charge in [0, 0.05) is 0 Å². The first-order valence-electron chi connectivity index (χ1n) is 4.53. The van der Waals surface area contributed by atoms with Gasteiger partial charge < -0.3 is 10.8 Å². The summed E-state index contributed by atoms with van der Waals surface area (Å²) in [6, 6.07) is 1.47. The third kappa shape index (κ3) is 2.70. The van der Waals surface area contributed by atoms with Gasteiger partial charge in [-0.3, -0.25) is 0 Å². The van der Waals surface area contributed by atoms with Gasteiger partial charge in [-0.1, -0.05) is 6.07 Å². The van der Waals surface area contributed by atoms with Gasteiger partial charge >= 0.3 is 6.18 Å². The molecule has 0 aromatic heterocycles. The molecule has 2 atom stereocenters. The van der Waals surface area contributed by atoms with Crippen molar-refractivity contribution < 1.29 is 22.7 Å². The molecule has 0 aliphatic rings. The van der Waals surface area contributed by atoms with Crippen LogP contribution in [0, 0.1) is 5.82 Å². The third-order valence-corrected chi connectivity index (χ3v) is 2.20. The Morgan fingerprint density at radius 1 is 1.31 bits per heavy atom. The van der Waals surface area contributed by atoms with Crippen molar-refractivity contribution in [2.75, 3.05) is 0 Å². The van der Waals surface area contributed by atoms with Crippen molar-refractivity contribution in [1.82, 2.24) is 0 Å². The molecule has 0 amide bonds. The average molecular weight is 237 g/mol. The fraction of sp³-hybridized carbons (Fsp3) is 0.400. The second-order valence-electron chi connectivity index (χ2n) is 3.50. The Morgan fingerprint density at radius 2 is 1.88 bits per heavy atom. The first-order valence-corrected chi connectivity index (χ1v) is 4.53. The summed E-state index contributed by atoms with van der Waals surface area (Å²) in [5.74, 6) is -1.35. The molecule has 0 bridgehead atoms. The number of halogens is 4. The molecule has 0 saturated carbocycles. The van der Waals surface area contributed by atoms with Crippen LogP contribution < -0.4 is 5.73 Å². The van der Waals surface area contributed by atoms with E-state index in [2.05, 4.69) is 0 Å². The number of nitrogens with two attached hydrogens (primary N) is 1. The Morgan fingerprint density at radius 3 is 2.31 bits per heavy atom. The van der Waals surface area contributed by atoms with E-state index in [4.69, 9.17) is 10.8 Å². The summed E-state index contributed by atoms with van der Waals surface area (Å²) in [4.78, 5) is 0. The molecule has 2 nitrogen and oxygen atoms in total. The zero-order valence-electron chi connectivity index (χ0n) is 8.42. The van der Waals surface area contributed by atoms with Crippen molar-refractivity contribution in [1.29, 1.82) is 0 Å². The molecule has 0 heterocycles. The number of hydrogen-bond acceptors (Lipinski definition) is 2. The van der Waals surface area contributed by atoms with Gasteiger partial charge in [0.25, 0.3) is 0 Å². The summed E-state index contributed by atoms with van der Waals surface area (Å²) in [5.41, 5.74) is 4.13. The standard InChI is InChI=1S/C10H11F4NO/c1-5(16)9(15)6-2-3-8(11)7(4-6)10(12,13)14/h2-5,9,16H,15H2,1H3/t5-,9-/m0/s1. The maximum absolute atomic E-state index is 12.9. The summed E-state index contributed by atoms with van der Waals surface area (Å²) >= 11 is 0. The summed E-state index contributed by atoms with van der Waals surface area (Å²) < 4.78 is 50.0. The Hall–Kier alpha value is -1.14. The fourth-order valence-electron chi connectivity index (χ4n) is 1.25. The second kappa shape index (κ2) is 4.39. The van der Waals surface area contributed by atoms with Crippen molar-refractivity contribution in [3.05, 3.63) is 35.1 Å². The summed E-state index contributed by atoms with van der Waals surface area (Å²) in [5, 5.41) is 9.14. The molecule has 0 radical (unpaired) electrons. The highest BCUT2D eigenvalue weighted by Gasteiger charge is 2.34. The van der Waals surface area contributed by atoms with E-state index in [0.717, 1.165) is 6.07 Å². The van der Waals surface area contributed by atoms with Crippen LogP contribution in [-0.2, 0) is 6.18 Å². The van der Waals surface area contributed by atoms with Crippen LogP contribution in [0.15, 0.2) is 18.2 Å². The molecule has 16 heavy (non-hydrogen) atoms. The minimum atomic E-state index is -4.77. The van der Waals surface area contributed by atoms with Gasteiger partial charge in [-0.15, -0.1) is 0 Å². The number of rotatable bonds is 2. The highest BCUT2D eigenvalue weighted by Crippen LogP contribution is 2.33. The van der Waals surface area contributed by atoms with E-state index in [-0.39, 0.29) is 5.56 Å². The van der Waals surface area contributed by atoms with Gasteiger partial charge in [-0.25, -0.2) is 4.39 Å². The van der Waals surface area contributed by atoms with Gasteiger partial charge in [0.05, 0.1) is 17.7 Å². The Bertz CT molecular complexity index is 376. The maximum atomic E-state index is 12.9. The minimum Gasteiger partial charge on any atom is -0.391 e. The monoisotopic (exact) mass is 237 g/mol. The van der Waals surface area contributed by atoms with E-state index in [1.807, 2.05) is 0 Å². The highest BCUT2D eigenvalue weighted by atomic mass is 19.4. The largest absolute Gasteiger partial charge is 0.419 e. The van der Waals surface area contributed by atoms with Crippen molar-refractivity contribution >= 4 is 0 Å². The lowest BCUT2D eigenvalue weighted by Gasteiger charge is -2.17. The third-order valence-electron chi connectivity index (χ3n) is 2.20. The molecule has 0 saturated heterocycles.